The number of likely N-dealkylation sites (tertiary alicyclic amines) is 1. The maximum absolute atomic E-state index is 13.9. The van der Waals surface area contributed by atoms with Crippen molar-refractivity contribution in [1.82, 2.24) is 29.4 Å². The van der Waals surface area contributed by atoms with Gasteiger partial charge in [0.2, 0.25) is 17.8 Å². The molecule has 0 bridgehead atoms. The lowest BCUT2D eigenvalue weighted by atomic mass is 9.97. The van der Waals surface area contributed by atoms with Crippen molar-refractivity contribution in [2.75, 3.05) is 56.2 Å². The molecule has 0 aliphatic carbocycles. The number of benzene rings is 1. The van der Waals surface area contributed by atoms with Crippen LogP contribution in [0, 0.1) is 5.92 Å². The number of nitrogens with zero attached hydrogens (tertiary/aromatic N) is 7. The summed E-state index contributed by atoms with van der Waals surface area (Å²) in [7, 11) is 0. The molecular formula is C22H26F2N8O3. The van der Waals surface area contributed by atoms with E-state index >= 15 is 0 Å². The molecule has 1 aromatic carbocycles. The number of carboxylic acid groups (broad SMARTS) is 1. The van der Waals surface area contributed by atoms with E-state index in [1.54, 1.807) is 24.3 Å². The molecule has 0 atom stereocenters. The van der Waals surface area contributed by atoms with Gasteiger partial charge >= 0.3 is 6.09 Å². The van der Waals surface area contributed by atoms with Crippen molar-refractivity contribution < 1.29 is 23.4 Å². The summed E-state index contributed by atoms with van der Waals surface area (Å²) in [5, 5.41) is 12.4. The highest BCUT2D eigenvalue weighted by molar-refractivity contribution is 5.77. The summed E-state index contributed by atoms with van der Waals surface area (Å²) in [6.07, 6.45) is -2.29. The highest BCUT2D eigenvalue weighted by Gasteiger charge is 2.25. The number of nitrogens with one attached hydrogen (secondary N) is 1. The van der Waals surface area contributed by atoms with E-state index in [0.717, 1.165) is 12.8 Å². The van der Waals surface area contributed by atoms with E-state index < -0.39 is 18.3 Å². The third-order valence-corrected chi connectivity index (χ3v) is 6.32. The number of amides is 1. The number of hydrogen-bond donors (Lipinski definition) is 2. The molecule has 2 saturated heterocycles. The van der Waals surface area contributed by atoms with E-state index in [2.05, 4.69) is 25.3 Å². The number of ether oxygens (including phenoxy) is 1. The molecule has 0 unspecified atom stereocenters. The molecule has 0 spiro atoms. The fourth-order valence-corrected chi connectivity index (χ4v) is 4.40. The lowest BCUT2D eigenvalue weighted by Crippen LogP contribution is -2.39. The zero-order valence-electron chi connectivity index (χ0n) is 19.0. The SMILES string of the molecule is O=C(O)N1CCC(CNc2nc(N3CCOCC3)nc(-n3c(C(F)F)nc4ccccc43)n2)CC1. The smallest absolute Gasteiger partial charge is 0.407 e. The molecule has 2 fully saturated rings. The molecule has 13 heteroatoms. The van der Waals surface area contributed by atoms with Crippen LogP contribution in [0.4, 0.5) is 25.5 Å². The van der Waals surface area contributed by atoms with Crippen LogP contribution in [-0.2, 0) is 4.74 Å². The Morgan fingerprint density at radius 3 is 2.49 bits per heavy atom. The average Bonchev–Trinajstić information content (AvgIpc) is 3.28. The van der Waals surface area contributed by atoms with E-state index in [-0.39, 0.29) is 17.8 Å². The van der Waals surface area contributed by atoms with E-state index in [1.165, 1.54) is 9.47 Å². The third kappa shape index (κ3) is 4.94. The first-order valence-electron chi connectivity index (χ1n) is 11.6. The molecule has 4 heterocycles. The van der Waals surface area contributed by atoms with Crippen molar-refractivity contribution in [3.63, 3.8) is 0 Å². The van der Waals surface area contributed by atoms with Crippen molar-refractivity contribution in [3.8, 4) is 5.95 Å². The Morgan fingerprint density at radius 1 is 1.06 bits per heavy atom. The number of piperidine rings is 1. The van der Waals surface area contributed by atoms with Gasteiger partial charge < -0.3 is 25.0 Å². The minimum Gasteiger partial charge on any atom is -0.465 e. The average molecular weight is 488 g/mol. The second-order valence-electron chi connectivity index (χ2n) is 8.55. The summed E-state index contributed by atoms with van der Waals surface area (Å²) in [5.41, 5.74) is 0.907. The standard InChI is InChI=1S/C22H26F2N8O3/c23-17(24)18-26-15-3-1-2-4-16(15)32(18)21-28-19(27-20(29-21)30-9-11-35-12-10-30)25-13-14-5-7-31(8-6-14)22(33)34/h1-4,14,17H,5-13H2,(H,33,34)(H,25,27,28,29). The van der Waals surface area contributed by atoms with Gasteiger partial charge in [0, 0.05) is 32.7 Å². The summed E-state index contributed by atoms with van der Waals surface area (Å²) in [6.45, 7) is 3.66. The summed E-state index contributed by atoms with van der Waals surface area (Å²) >= 11 is 0. The topological polar surface area (TPSA) is 122 Å². The minimum atomic E-state index is -2.82. The summed E-state index contributed by atoms with van der Waals surface area (Å²) in [4.78, 5) is 32.2. The third-order valence-electron chi connectivity index (χ3n) is 6.32. The molecule has 5 rings (SSSR count). The summed E-state index contributed by atoms with van der Waals surface area (Å²) in [5.74, 6) is 0.518. The van der Waals surface area contributed by atoms with Crippen LogP contribution >= 0.6 is 0 Å². The first-order chi connectivity index (χ1) is 17.0. The highest BCUT2D eigenvalue weighted by atomic mass is 19.3. The molecule has 2 N–H and O–H groups in total. The van der Waals surface area contributed by atoms with Crippen molar-refractivity contribution in [3.05, 3.63) is 30.1 Å². The first-order valence-corrected chi connectivity index (χ1v) is 11.6. The number of para-hydroxylation sites is 2. The normalized spacial score (nSPS) is 17.3. The van der Waals surface area contributed by atoms with Gasteiger partial charge in [-0.15, -0.1) is 0 Å². The number of carbonyl (C=O) groups is 1. The Balaban J connectivity index is 1.47. The monoisotopic (exact) mass is 488 g/mol. The Hall–Kier alpha value is -3.61. The van der Waals surface area contributed by atoms with Gasteiger partial charge in [-0.3, -0.25) is 4.57 Å². The molecule has 2 aliphatic heterocycles. The van der Waals surface area contributed by atoms with Crippen LogP contribution < -0.4 is 10.2 Å². The largest absolute Gasteiger partial charge is 0.465 e. The number of hydrogen-bond acceptors (Lipinski definition) is 8. The van der Waals surface area contributed by atoms with Crippen LogP contribution in [0.15, 0.2) is 24.3 Å². The molecule has 11 nitrogen and oxygen atoms in total. The van der Waals surface area contributed by atoms with E-state index in [4.69, 9.17) is 9.84 Å². The van der Waals surface area contributed by atoms with Crippen molar-refractivity contribution in [2.45, 2.75) is 19.3 Å². The highest BCUT2D eigenvalue weighted by Crippen LogP contribution is 2.28. The second-order valence-corrected chi connectivity index (χ2v) is 8.55. The molecule has 0 radical (unpaired) electrons. The molecule has 186 valence electrons. The summed E-state index contributed by atoms with van der Waals surface area (Å²) < 4.78 is 34.6. The van der Waals surface area contributed by atoms with Gasteiger partial charge in [-0.1, -0.05) is 12.1 Å². The predicted octanol–water partition coefficient (Wildman–Crippen LogP) is 2.79. The van der Waals surface area contributed by atoms with Crippen LogP contribution in [0.25, 0.3) is 17.0 Å². The van der Waals surface area contributed by atoms with Crippen molar-refractivity contribution >= 4 is 29.0 Å². The zero-order chi connectivity index (χ0) is 24.4. The molecular weight excluding hydrogens is 462 g/mol. The number of halogens is 2. The van der Waals surface area contributed by atoms with Crippen LogP contribution in [-0.4, -0.2) is 86.5 Å². The Kier molecular flexibility index (Phi) is 6.57. The van der Waals surface area contributed by atoms with Gasteiger partial charge in [-0.25, -0.2) is 18.6 Å². The van der Waals surface area contributed by atoms with Gasteiger partial charge in [0.1, 0.15) is 0 Å². The van der Waals surface area contributed by atoms with Gasteiger partial charge in [-0.2, -0.15) is 15.0 Å². The number of rotatable bonds is 6. The number of aromatic nitrogens is 5. The molecule has 0 saturated carbocycles. The maximum atomic E-state index is 13.9. The minimum absolute atomic E-state index is 0.0636. The number of alkyl halides is 2. The number of imidazole rings is 1. The maximum Gasteiger partial charge on any atom is 0.407 e. The van der Waals surface area contributed by atoms with E-state index in [1.807, 2.05) is 4.90 Å². The van der Waals surface area contributed by atoms with Crippen LogP contribution in [0.3, 0.4) is 0 Å². The van der Waals surface area contributed by atoms with Crippen LogP contribution in [0.5, 0.6) is 0 Å². The lowest BCUT2D eigenvalue weighted by molar-refractivity contribution is 0.122. The van der Waals surface area contributed by atoms with Crippen molar-refractivity contribution in [1.29, 1.82) is 0 Å². The quantitative estimate of drug-likeness (QED) is 0.539. The molecule has 1 amide bonds. The lowest BCUT2D eigenvalue weighted by Gasteiger charge is -2.30. The number of fused-ring (bicyclic) bond motifs is 1. The Bertz CT molecular complexity index is 1190. The fourth-order valence-electron chi connectivity index (χ4n) is 4.40. The Morgan fingerprint density at radius 2 is 1.77 bits per heavy atom. The second kappa shape index (κ2) is 9.94. The molecule has 2 aliphatic rings. The van der Waals surface area contributed by atoms with Gasteiger partial charge in [0.25, 0.3) is 6.43 Å². The van der Waals surface area contributed by atoms with Crippen LogP contribution in [0.1, 0.15) is 25.1 Å². The van der Waals surface area contributed by atoms with Gasteiger partial charge in [0.05, 0.1) is 24.2 Å². The molecule has 2 aromatic heterocycles. The number of anilines is 2. The molecule has 3 aromatic rings. The zero-order valence-corrected chi connectivity index (χ0v) is 19.0. The first kappa shape index (κ1) is 23.1. The van der Waals surface area contributed by atoms with E-state index in [0.29, 0.717) is 62.9 Å². The van der Waals surface area contributed by atoms with Crippen molar-refractivity contribution in [2.24, 2.45) is 5.92 Å². The fraction of sp³-hybridized carbons (Fsp3) is 0.500. The predicted molar refractivity (Wildman–Crippen MR) is 123 cm³/mol. The Labute approximate surface area is 199 Å². The van der Waals surface area contributed by atoms with Gasteiger partial charge in [0.15, 0.2) is 5.82 Å². The molecule has 35 heavy (non-hydrogen) atoms. The van der Waals surface area contributed by atoms with E-state index in [9.17, 15) is 13.6 Å². The van der Waals surface area contributed by atoms with Crippen LogP contribution in [0.2, 0.25) is 0 Å². The van der Waals surface area contributed by atoms with Gasteiger partial charge in [-0.05, 0) is 30.9 Å². The number of morpholine rings is 1. The summed E-state index contributed by atoms with van der Waals surface area (Å²) in [6, 6.07) is 6.87.